The van der Waals surface area contributed by atoms with E-state index in [4.69, 9.17) is 4.74 Å². The zero-order valence-corrected chi connectivity index (χ0v) is 11.4. The Hall–Kier alpha value is -1.60. The summed E-state index contributed by atoms with van der Waals surface area (Å²) in [5.74, 6) is 0. The van der Waals surface area contributed by atoms with Crippen molar-refractivity contribution in [3.05, 3.63) is 24.3 Å². The Morgan fingerprint density at radius 2 is 2.16 bits per heavy atom. The quantitative estimate of drug-likeness (QED) is 0.861. The van der Waals surface area contributed by atoms with Crippen molar-refractivity contribution in [2.24, 2.45) is 0 Å². The number of ether oxygens (including phenoxy) is 1. The summed E-state index contributed by atoms with van der Waals surface area (Å²) >= 11 is 0. The summed E-state index contributed by atoms with van der Waals surface area (Å²) in [5.41, 5.74) is 0.386. The molecule has 0 heterocycles. The molecule has 0 radical (unpaired) electrons. The van der Waals surface area contributed by atoms with Crippen LogP contribution in [0, 0.1) is 0 Å². The molecule has 2 N–H and O–H groups in total. The molecule has 0 spiro atoms. The van der Waals surface area contributed by atoms with Gasteiger partial charge in [0.2, 0.25) is 10.0 Å². The van der Waals surface area contributed by atoms with Crippen LogP contribution in [0.25, 0.3) is 0 Å². The fraction of sp³-hybridized carbons (Fsp3) is 0.417. The Morgan fingerprint density at radius 3 is 2.79 bits per heavy atom. The van der Waals surface area contributed by atoms with Crippen LogP contribution in [0.1, 0.15) is 19.8 Å². The Morgan fingerprint density at radius 1 is 1.42 bits per heavy atom. The average Bonchev–Trinajstić information content (AvgIpc) is 3.13. The number of benzene rings is 1. The molecule has 1 aliphatic carbocycles. The predicted octanol–water partition coefficient (Wildman–Crippen LogP) is 1.70. The fourth-order valence-electron chi connectivity index (χ4n) is 1.51. The lowest BCUT2D eigenvalue weighted by atomic mass is 10.3. The molecule has 1 aromatic rings. The van der Waals surface area contributed by atoms with Crippen molar-refractivity contribution in [2.45, 2.75) is 30.7 Å². The highest BCUT2D eigenvalue weighted by Crippen LogP contribution is 2.23. The second-order valence-corrected chi connectivity index (χ2v) is 5.98. The van der Waals surface area contributed by atoms with Gasteiger partial charge in [0.05, 0.1) is 11.5 Å². The van der Waals surface area contributed by atoms with E-state index >= 15 is 0 Å². The van der Waals surface area contributed by atoms with Crippen molar-refractivity contribution in [1.29, 1.82) is 0 Å². The number of carbonyl (C=O) groups excluding carboxylic acids is 1. The van der Waals surface area contributed by atoms with Crippen LogP contribution < -0.4 is 10.0 Å². The van der Waals surface area contributed by atoms with Gasteiger partial charge < -0.3 is 4.74 Å². The highest BCUT2D eigenvalue weighted by atomic mass is 32.2. The van der Waals surface area contributed by atoms with Gasteiger partial charge in [-0.2, -0.15) is 0 Å². The van der Waals surface area contributed by atoms with Crippen LogP contribution in [0.3, 0.4) is 0 Å². The van der Waals surface area contributed by atoms with Gasteiger partial charge in [-0.25, -0.2) is 17.9 Å². The van der Waals surface area contributed by atoms with Gasteiger partial charge in [-0.1, -0.05) is 6.07 Å². The van der Waals surface area contributed by atoms with Gasteiger partial charge in [0, 0.05) is 11.7 Å². The Kier molecular flexibility index (Phi) is 4.06. The predicted molar refractivity (Wildman–Crippen MR) is 70.4 cm³/mol. The van der Waals surface area contributed by atoms with E-state index in [0.717, 1.165) is 12.8 Å². The first kappa shape index (κ1) is 13.8. The van der Waals surface area contributed by atoms with Crippen molar-refractivity contribution in [3.8, 4) is 0 Å². The van der Waals surface area contributed by atoms with Crippen LogP contribution in [0.15, 0.2) is 29.2 Å². The first-order valence-electron chi connectivity index (χ1n) is 6.07. The lowest BCUT2D eigenvalue weighted by Crippen LogP contribution is -2.25. The Labute approximate surface area is 112 Å². The second-order valence-electron chi connectivity index (χ2n) is 4.27. The van der Waals surface area contributed by atoms with Gasteiger partial charge in [0.15, 0.2) is 0 Å². The molecule has 2 rings (SSSR count). The lowest BCUT2D eigenvalue weighted by molar-refractivity contribution is 0.168. The number of anilines is 1. The molecule has 1 aromatic carbocycles. The molecule has 0 saturated heterocycles. The number of carbonyl (C=O) groups is 1. The molecular formula is C12H16N2O4S. The standard InChI is InChI=1S/C12H16N2O4S/c1-2-18-12(15)13-10-4-3-5-11(8-10)19(16,17)14-9-6-7-9/h3-5,8-9,14H,2,6-7H2,1H3,(H,13,15). The lowest BCUT2D eigenvalue weighted by Gasteiger charge is -2.08. The van der Waals surface area contributed by atoms with Gasteiger partial charge in [-0.05, 0) is 38.0 Å². The third-order valence-electron chi connectivity index (χ3n) is 2.57. The Bertz CT molecular complexity index is 567. The maximum Gasteiger partial charge on any atom is 0.411 e. The molecule has 1 amide bonds. The highest BCUT2D eigenvalue weighted by molar-refractivity contribution is 7.89. The molecule has 0 aromatic heterocycles. The normalized spacial score (nSPS) is 15.0. The third kappa shape index (κ3) is 3.93. The van der Waals surface area contributed by atoms with Crippen LogP contribution in [0.2, 0.25) is 0 Å². The van der Waals surface area contributed by atoms with E-state index in [1.807, 2.05) is 0 Å². The SMILES string of the molecule is CCOC(=O)Nc1cccc(S(=O)(=O)NC2CC2)c1. The molecule has 0 unspecified atom stereocenters. The second kappa shape index (κ2) is 5.58. The molecule has 0 bridgehead atoms. The van der Waals surface area contributed by atoms with Gasteiger partial charge in [-0.15, -0.1) is 0 Å². The van der Waals surface area contributed by atoms with Crippen LogP contribution in [0.5, 0.6) is 0 Å². The number of rotatable bonds is 5. The fourth-order valence-corrected chi connectivity index (χ4v) is 2.87. The summed E-state index contributed by atoms with van der Waals surface area (Å²) < 4.78 is 31.3. The molecule has 0 aliphatic heterocycles. The molecule has 6 nitrogen and oxygen atoms in total. The number of nitrogens with one attached hydrogen (secondary N) is 2. The summed E-state index contributed by atoms with van der Waals surface area (Å²) in [5, 5.41) is 2.47. The summed E-state index contributed by atoms with van der Waals surface area (Å²) in [6.07, 6.45) is 1.15. The van der Waals surface area contributed by atoms with E-state index in [-0.39, 0.29) is 17.5 Å². The van der Waals surface area contributed by atoms with Crippen molar-refractivity contribution in [3.63, 3.8) is 0 Å². The van der Waals surface area contributed by atoms with Gasteiger partial charge in [0.1, 0.15) is 0 Å². The molecule has 7 heteroatoms. The highest BCUT2D eigenvalue weighted by Gasteiger charge is 2.28. The maximum atomic E-state index is 12.0. The first-order valence-corrected chi connectivity index (χ1v) is 7.56. The number of hydrogen-bond donors (Lipinski definition) is 2. The molecule has 19 heavy (non-hydrogen) atoms. The van der Waals surface area contributed by atoms with Crippen molar-refractivity contribution >= 4 is 21.8 Å². The van der Waals surface area contributed by atoms with Crippen LogP contribution in [-0.2, 0) is 14.8 Å². The van der Waals surface area contributed by atoms with Crippen LogP contribution in [-0.4, -0.2) is 27.2 Å². The van der Waals surface area contributed by atoms with E-state index in [2.05, 4.69) is 10.0 Å². The van der Waals surface area contributed by atoms with Gasteiger partial charge >= 0.3 is 6.09 Å². The number of amides is 1. The van der Waals surface area contributed by atoms with E-state index in [0.29, 0.717) is 5.69 Å². The summed E-state index contributed by atoms with van der Waals surface area (Å²) in [7, 11) is -3.51. The maximum absolute atomic E-state index is 12.0. The smallest absolute Gasteiger partial charge is 0.411 e. The largest absolute Gasteiger partial charge is 0.450 e. The molecule has 1 saturated carbocycles. The molecule has 104 valence electrons. The van der Waals surface area contributed by atoms with Crippen LogP contribution >= 0.6 is 0 Å². The number of hydrogen-bond acceptors (Lipinski definition) is 4. The summed E-state index contributed by atoms with van der Waals surface area (Å²) in [4.78, 5) is 11.4. The minimum atomic E-state index is -3.51. The average molecular weight is 284 g/mol. The summed E-state index contributed by atoms with van der Waals surface area (Å²) in [6.45, 7) is 1.95. The monoisotopic (exact) mass is 284 g/mol. The van der Waals surface area contributed by atoms with Crippen molar-refractivity contribution in [1.82, 2.24) is 4.72 Å². The van der Waals surface area contributed by atoms with E-state index in [1.165, 1.54) is 12.1 Å². The minimum Gasteiger partial charge on any atom is -0.450 e. The van der Waals surface area contributed by atoms with Crippen molar-refractivity contribution < 1.29 is 17.9 Å². The zero-order valence-electron chi connectivity index (χ0n) is 10.5. The van der Waals surface area contributed by atoms with E-state index < -0.39 is 16.1 Å². The molecule has 1 fully saturated rings. The molecular weight excluding hydrogens is 268 g/mol. The Balaban J connectivity index is 2.11. The molecule has 0 atom stereocenters. The van der Waals surface area contributed by atoms with Gasteiger partial charge in [0.25, 0.3) is 0 Å². The minimum absolute atomic E-state index is 0.0478. The number of sulfonamides is 1. The zero-order chi connectivity index (χ0) is 13.9. The summed E-state index contributed by atoms with van der Waals surface area (Å²) in [6, 6.07) is 6.12. The van der Waals surface area contributed by atoms with Gasteiger partial charge in [-0.3, -0.25) is 5.32 Å². The van der Waals surface area contributed by atoms with E-state index in [1.54, 1.807) is 19.1 Å². The molecule has 1 aliphatic rings. The van der Waals surface area contributed by atoms with Crippen LogP contribution in [0.4, 0.5) is 10.5 Å². The third-order valence-corrected chi connectivity index (χ3v) is 4.08. The van der Waals surface area contributed by atoms with Crippen molar-refractivity contribution in [2.75, 3.05) is 11.9 Å². The topological polar surface area (TPSA) is 84.5 Å². The van der Waals surface area contributed by atoms with E-state index in [9.17, 15) is 13.2 Å². The first-order chi connectivity index (χ1) is 9.01.